The molecule has 0 bridgehead atoms. The predicted octanol–water partition coefficient (Wildman–Crippen LogP) is 1.02. The average Bonchev–Trinajstić information content (AvgIpc) is 3.19. The molecule has 4 N–H and O–H groups in total. The van der Waals surface area contributed by atoms with Gasteiger partial charge in [0.15, 0.2) is 0 Å². The zero-order chi connectivity index (χ0) is 21.8. The lowest BCUT2D eigenvalue weighted by atomic mass is 9.96. The summed E-state index contributed by atoms with van der Waals surface area (Å²) in [6.45, 7) is 5.25. The molecular formula is C21H29N7O2S. The Morgan fingerprint density at radius 2 is 2.13 bits per heavy atom. The van der Waals surface area contributed by atoms with Crippen molar-refractivity contribution in [3.8, 4) is 0 Å². The topological polar surface area (TPSA) is 126 Å². The molecule has 1 atom stereocenters. The minimum Gasteiger partial charge on any atom is -0.364 e. The van der Waals surface area contributed by atoms with Crippen LogP contribution in [0.1, 0.15) is 52.4 Å². The van der Waals surface area contributed by atoms with Crippen LogP contribution in [0.2, 0.25) is 0 Å². The number of hydrogen-bond donors (Lipinski definition) is 3. The Bertz CT molecular complexity index is 942. The molecule has 4 heterocycles. The summed E-state index contributed by atoms with van der Waals surface area (Å²) in [5.74, 6) is 0.383. The van der Waals surface area contributed by atoms with Crippen LogP contribution in [0.3, 0.4) is 0 Å². The van der Waals surface area contributed by atoms with Crippen molar-refractivity contribution in [2.45, 2.75) is 45.1 Å². The number of carbonyl (C=O) groups excluding carboxylic acids is 2. The highest BCUT2D eigenvalue weighted by Gasteiger charge is 2.27. The van der Waals surface area contributed by atoms with Gasteiger partial charge in [-0.2, -0.15) is 4.37 Å². The molecule has 2 fully saturated rings. The quantitative estimate of drug-likeness (QED) is 0.608. The number of piperidine rings is 2. The fraction of sp³-hybridized carbons (Fsp3) is 0.571. The zero-order valence-corrected chi connectivity index (χ0v) is 18.6. The largest absolute Gasteiger partial charge is 0.364 e. The first-order valence-electron chi connectivity index (χ1n) is 10.8. The molecule has 0 radical (unpaired) electrons. The summed E-state index contributed by atoms with van der Waals surface area (Å²) < 4.78 is 4.30. The first kappa shape index (κ1) is 21.6. The molecule has 0 saturated carbocycles. The minimum absolute atomic E-state index is 0.0846. The van der Waals surface area contributed by atoms with Crippen molar-refractivity contribution in [3.05, 3.63) is 34.2 Å². The van der Waals surface area contributed by atoms with Crippen LogP contribution in [-0.2, 0) is 11.2 Å². The summed E-state index contributed by atoms with van der Waals surface area (Å²) in [7, 11) is 0. The van der Waals surface area contributed by atoms with Gasteiger partial charge in [0.2, 0.25) is 5.91 Å². The van der Waals surface area contributed by atoms with Gasteiger partial charge in [-0.25, -0.2) is 9.97 Å². The monoisotopic (exact) mass is 443 g/mol. The second kappa shape index (κ2) is 9.69. The summed E-state index contributed by atoms with van der Waals surface area (Å²) in [4.78, 5) is 36.7. The van der Waals surface area contributed by atoms with E-state index < -0.39 is 5.91 Å². The Morgan fingerprint density at radius 1 is 1.32 bits per heavy atom. The Labute approximate surface area is 186 Å². The van der Waals surface area contributed by atoms with Gasteiger partial charge in [-0.1, -0.05) is 0 Å². The summed E-state index contributed by atoms with van der Waals surface area (Å²) >= 11 is 1.39. The molecule has 2 aliphatic rings. The number of nitrogens with one attached hydrogen (secondary N) is 2. The Kier molecular flexibility index (Phi) is 6.77. The fourth-order valence-electron chi connectivity index (χ4n) is 4.27. The highest BCUT2D eigenvalue weighted by atomic mass is 32.1. The summed E-state index contributed by atoms with van der Waals surface area (Å²) in [5.41, 5.74) is 7.23. The van der Waals surface area contributed by atoms with Crippen molar-refractivity contribution in [3.63, 3.8) is 0 Å². The first-order chi connectivity index (χ1) is 15.0. The van der Waals surface area contributed by atoms with Crippen molar-refractivity contribution in [2.75, 3.05) is 31.1 Å². The molecule has 166 valence electrons. The standard InChI is InChI=1S/C21H29N7O2S/c1-13-9-16(31-27-13)10-17-19(20(22)29)24-11-18(26-17)28-8-2-3-15(12-28)25-21(30)14-4-6-23-7-5-14/h9,11,14-15,23H,2-8,10,12H2,1H3,(H2,22,29)(H,25,30). The van der Waals surface area contributed by atoms with Gasteiger partial charge in [-0.05, 0) is 63.3 Å². The highest BCUT2D eigenvalue weighted by Crippen LogP contribution is 2.22. The van der Waals surface area contributed by atoms with E-state index in [-0.39, 0.29) is 23.6 Å². The van der Waals surface area contributed by atoms with Crippen LogP contribution >= 0.6 is 11.5 Å². The molecule has 9 nitrogen and oxygen atoms in total. The first-order valence-corrected chi connectivity index (χ1v) is 11.6. The second-order valence-electron chi connectivity index (χ2n) is 8.32. The fourth-order valence-corrected chi connectivity index (χ4v) is 5.01. The normalized spacial score (nSPS) is 19.9. The third-order valence-electron chi connectivity index (χ3n) is 5.89. The van der Waals surface area contributed by atoms with Crippen LogP contribution in [0.4, 0.5) is 5.82 Å². The number of hydrogen-bond acceptors (Lipinski definition) is 8. The van der Waals surface area contributed by atoms with Gasteiger partial charge in [0.25, 0.3) is 5.91 Å². The van der Waals surface area contributed by atoms with Crippen LogP contribution in [0.25, 0.3) is 0 Å². The Morgan fingerprint density at radius 3 is 2.84 bits per heavy atom. The molecule has 0 spiro atoms. The molecule has 2 aromatic rings. The van der Waals surface area contributed by atoms with E-state index in [0.717, 1.165) is 55.9 Å². The lowest BCUT2D eigenvalue weighted by molar-refractivity contribution is -0.126. The van der Waals surface area contributed by atoms with E-state index in [0.29, 0.717) is 24.5 Å². The number of nitrogens with two attached hydrogens (primary N) is 1. The van der Waals surface area contributed by atoms with Gasteiger partial charge in [0.05, 0.1) is 17.6 Å². The van der Waals surface area contributed by atoms with Crippen molar-refractivity contribution in [2.24, 2.45) is 11.7 Å². The third-order valence-corrected chi connectivity index (χ3v) is 6.76. The van der Waals surface area contributed by atoms with Crippen LogP contribution in [0.5, 0.6) is 0 Å². The van der Waals surface area contributed by atoms with Gasteiger partial charge >= 0.3 is 0 Å². The van der Waals surface area contributed by atoms with E-state index in [4.69, 9.17) is 10.7 Å². The van der Waals surface area contributed by atoms with E-state index in [1.165, 1.54) is 11.5 Å². The van der Waals surface area contributed by atoms with E-state index in [1.54, 1.807) is 6.20 Å². The number of amides is 2. The second-order valence-corrected chi connectivity index (χ2v) is 9.21. The minimum atomic E-state index is -0.582. The summed E-state index contributed by atoms with van der Waals surface area (Å²) in [6, 6.07) is 2.07. The van der Waals surface area contributed by atoms with Crippen LogP contribution < -0.4 is 21.3 Å². The molecule has 10 heteroatoms. The number of aromatic nitrogens is 3. The van der Waals surface area contributed by atoms with Gasteiger partial charge in [0, 0.05) is 36.3 Å². The number of aryl methyl sites for hydroxylation is 1. The smallest absolute Gasteiger partial charge is 0.269 e. The van der Waals surface area contributed by atoms with Crippen LogP contribution in [0, 0.1) is 12.8 Å². The lowest BCUT2D eigenvalue weighted by Crippen LogP contribution is -2.50. The Hall–Kier alpha value is -2.59. The molecule has 0 aromatic carbocycles. The van der Waals surface area contributed by atoms with Gasteiger partial charge < -0.3 is 21.3 Å². The molecular weight excluding hydrogens is 414 g/mol. The molecule has 1 unspecified atom stereocenters. The molecule has 2 aromatic heterocycles. The predicted molar refractivity (Wildman–Crippen MR) is 119 cm³/mol. The molecule has 2 saturated heterocycles. The molecule has 4 rings (SSSR count). The van der Waals surface area contributed by atoms with E-state index in [1.807, 2.05) is 13.0 Å². The van der Waals surface area contributed by atoms with Crippen LogP contribution in [-0.4, -0.2) is 58.4 Å². The van der Waals surface area contributed by atoms with E-state index >= 15 is 0 Å². The Balaban J connectivity index is 1.46. The number of primary amides is 1. The van der Waals surface area contributed by atoms with Crippen molar-refractivity contribution < 1.29 is 9.59 Å². The SMILES string of the molecule is Cc1cc(Cc2nc(N3CCCC(NC(=O)C4CCNCC4)C3)cnc2C(N)=O)sn1. The molecule has 2 aliphatic heterocycles. The maximum absolute atomic E-state index is 12.6. The molecule has 0 aliphatic carbocycles. The summed E-state index contributed by atoms with van der Waals surface area (Å²) in [5, 5.41) is 6.54. The van der Waals surface area contributed by atoms with Gasteiger partial charge in [0.1, 0.15) is 11.5 Å². The number of carbonyl (C=O) groups is 2. The van der Waals surface area contributed by atoms with Crippen molar-refractivity contribution in [1.82, 2.24) is 25.0 Å². The van der Waals surface area contributed by atoms with Gasteiger partial charge in [-0.3, -0.25) is 9.59 Å². The third kappa shape index (κ3) is 5.37. The van der Waals surface area contributed by atoms with Crippen LogP contribution in [0.15, 0.2) is 12.3 Å². The highest BCUT2D eigenvalue weighted by molar-refractivity contribution is 7.05. The van der Waals surface area contributed by atoms with Gasteiger partial charge in [-0.15, -0.1) is 0 Å². The maximum atomic E-state index is 12.6. The molecule has 31 heavy (non-hydrogen) atoms. The van der Waals surface area contributed by atoms with Crippen molar-refractivity contribution in [1.29, 1.82) is 0 Å². The number of rotatable bonds is 6. The van der Waals surface area contributed by atoms with E-state index in [9.17, 15) is 9.59 Å². The number of nitrogens with zero attached hydrogens (tertiary/aromatic N) is 4. The van der Waals surface area contributed by atoms with E-state index in [2.05, 4.69) is 24.9 Å². The maximum Gasteiger partial charge on any atom is 0.269 e. The average molecular weight is 444 g/mol. The zero-order valence-electron chi connectivity index (χ0n) is 17.8. The lowest BCUT2D eigenvalue weighted by Gasteiger charge is -2.35. The van der Waals surface area contributed by atoms with Crippen molar-refractivity contribution >= 4 is 29.2 Å². The molecule has 2 amide bonds. The summed E-state index contributed by atoms with van der Waals surface area (Å²) in [6.07, 6.45) is 5.77. The number of anilines is 1.